The summed E-state index contributed by atoms with van der Waals surface area (Å²) in [4.78, 5) is 17.8. The first-order chi connectivity index (χ1) is 17.8. The number of aliphatic imine (C=N–C) groups is 1. The average Bonchev–Trinajstić information content (AvgIpc) is 3.13. The number of aliphatic hydroxyl groups excluding tert-OH is 2. The Morgan fingerprint density at radius 2 is 1.89 bits per heavy atom. The number of nitrogens with zero attached hydrogens (tertiary/aromatic N) is 1. The minimum absolute atomic E-state index is 0.0129. The van der Waals surface area contributed by atoms with Crippen molar-refractivity contribution in [2.24, 2.45) is 21.9 Å². The third kappa shape index (κ3) is 7.34. The number of benzene rings is 2. The number of nitrogens with two attached hydrogens (primary N) is 2. The summed E-state index contributed by atoms with van der Waals surface area (Å²) in [5, 5.41) is 25.8. The number of aliphatic hydroxyl groups is 2. The summed E-state index contributed by atoms with van der Waals surface area (Å²) in [5.74, 6) is -0.991. The largest absolute Gasteiger partial charge is 0.394 e. The third-order valence-electron chi connectivity index (χ3n) is 6.62. The Hall–Kier alpha value is -2.46. The van der Waals surface area contributed by atoms with E-state index in [1.54, 1.807) is 18.2 Å². The Morgan fingerprint density at radius 1 is 1.21 bits per heavy atom. The fraction of sp³-hybridized carbons (Fsp3) is 0.429. The van der Waals surface area contributed by atoms with Crippen molar-refractivity contribution in [3.8, 4) is 0 Å². The number of amidine groups is 1. The van der Waals surface area contributed by atoms with Gasteiger partial charge in [-0.15, -0.1) is 0 Å². The van der Waals surface area contributed by atoms with E-state index >= 15 is 0 Å². The molecular formula is C28H37Cl2N5O3. The van der Waals surface area contributed by atoms with Gasteiger partial charge in [-0.3, -0.25) is 4.79 Å². The zero-order chi connectivity index (χ0) is 28.1. The number of hydrogen-bond acceptors (Lipinski definition) is 6. The third-order valence-corrected chi connectivity index (χ3v) is 7.10. The van der Waals surface area contributed by atoms with E-state index in [0.29, 0.717) is 16.5 Å². The summed E-state index contributed by atoms with van der Waals surface area (Å²) in [6.07, 6.45) is 2.66. The Bertz CT molecular complexity index is 1170. The van der Waals surface area contributed by atoms with Crippen molar-refractivity contribution in [1.29, 1.82) is 0 Å². The molecule has 1 fully saturated rings. The van der Waals surface area contributed by atoms with E-state index in [1.807, 2.05) is 30.3 Å². The standard InChI is InChI=1S/C28H37Cl2N5O3/c1-27(2,3)14-22-28(32,18-7-9-19(29)10-8-18)24(17-5-4-6-20(30)13-17)25(34-22)26(38)35-23(31)11-12-33-15-21(37)16-36/h4-13,21-22,24-25,33-34,36-37H,14-16,32H2,1-3H3,(H2,31,35,38)/b12-11-/t21-,22+,24+,25-,28-/m1/s1. The van der Waals surface area contributed by atoms with Crippen LogP contribution in [-0.2, 0) is 10.3 Å². The number of amides is 1. The van der Waals surface area contributed by atoms with Gasteiger partial charge in [0.2, 0.25) is 0 Å². The maximum Gasteiger partial charge on any atom is 0.265 e. The maximum atomic E-state index is 13.6. The molecule has 2 aromatic rings. The molecule has 3 rings (SSSR count). The van der Waals surface area contributed by atoms with Gasteiger partial charge in [0, 0.05) is 34.7 Å². The average molecular weight is 563 g/mol. The quantitative estimate of drug-likeness (QED) is 0.204. The van der Waals surface area contributed by atoms with Crippen LogP contribution >= 0.6 is 23.2 Å². The lowest BCUT2D eigenvalue weighted by atomic mass is 9.68. The highest BCUT2D eigenvalue weighted by Crippen LogP contribution is 2.48. The van der Waals surface area contributed by atoms with Crippen LogP contribution in [-0.4, -0.2) is 53.3 Å². The molecule has 0 radical (unpaired) electrons. The van der Waals surface area contributed by atoms with Crippen LogP contribution in [0.2, 0.25) is 10.0 Å². The molecule has 0 aliphatic carbocycles. The van der Waals surface area contributed by atoms with Crippen LogP contribution in [0.5, 0.6) is 0 Å². The normalized spacial score (nSPS) is 25.1. The van der Waals surface area contributed by atoms with Gasteiger partial charge in [-0.25, -0.2) is 0 Å². The van der Waals surface area contributed by atoms with E-state index in [4.69, 9.17) is 39.8 Å². The van der Waals surface area contributed by atoms with Gasteiger partial charge in [0.05, 0.1) is 24.3 Å². The predicted octanol–water partition coefficient (Wildman–Crippen LogP) is 3.05. The van der Waals surface area contributed by atoms with Crippen molar-refractivity contribution >= 4 is 34.9 Å². The number of nitrogens with one attached hydrogen (secondary N) is 2. The first kappa shape index (κ1) is 30.1. The molecule has 2 aromatic carbocycles. The smallest absolute Gasteiger partial charge is 0.265 e. The monoisotopic (exact) mass is 561 g/mol. The van der Waals surface area contributed by atoms with Crippen LogP contribution in [0, 0.1) is 5.41 Å². The van der Waals surface area contributed by atoms with Gasteiger partial charge in [-0.05, 0) is 53.3 Å². The maximum absolute atomic E-state index is 13.6. The second kappa shape index (κ2) is 12.6. The van der Waals surface area contributed by atoms with Crippen LogP contribution in [0.15, 0.2) is 65.8 Å². The van der Waals surface area contributed by atoms with Crippen molar-refractivity contribution in [2.75, 3.05) is 13.2 Å². The van der Waals surface area contributed by atoms with Crippen molar-refractivity contribution in [3.05, 3.63) is 82.0 Å². The van der Waals surface area contributed by atoms with Crippen LogP contribution in [0.4, 0.5) is 0 Å². The molecule has 0 saturated carbocycles. The van der Waals surface area contributed by atoms with Crippen molar-refractivity contribution in [1.82, 2.24) is 10.6 Å². The lowest BCUT2D eigenvalue weighted by Crippen LogP contribution is -2.51. The first-order valence-electron chi connectivity index (χ1n) is 12.5. The lowest BCUT2D eigenvalue weighted by molar-refractivity contribution is -0.119. The van der Waals surface area contributed by atoms with E-state index in [-0.39, 0.29) is 30.4 Å². The summed E-state index contributed by atoms with van der Waals surface area (Å²) in [7, 11) is 0. The summed E-state index contributed by atoms with van der Waals surface area (Å²) in [6, 6.07) is 13.7. The molecule has 0 aromatic heterocycles. The Balaban J connectivity index is 2.05. The van der Waals surface area contributed by atoms with E-state index in [0.717, 1.165) is 11.1 Å². The van der Waals surface area contributed by atoms with Crippen molar-refractivity contribution < 1.29 is 15.0 Å². The molecular weight excluding hydrogens is 525 g/mol. The predicted molar refractivity (Wildman–Crippen MR) is 153 cm³/mol. The molecule has 0 bridgehead atoms. The molecule has 206 valence electrons. The molecule has 1 aliphatic rings. The Kier molecular flexibility index (Phi) is 9.97. The number of hydrogen-bond donors (Lipinski definition) is 6. The van der Waals surface area contributed by atoms with E-state index in [9.17, 15) is 9.90 Å². The molecule has 0 unspecified atom stereocenters. The molecule has 0 spiro atoms. The number of halogens is 2. The minimum Gasteiger partial charge on any atom is -0.394 e. The minimum atomic E-state index is -0.995. The molecule has 5 atom stereocenters. The Labute approximate surface area is 234 Å². The van der Waals surface area contributed by atoms with Gasteiger partial charge in [-0.1, -0.05) is 68.2 Å². The Morgan fingerprint density at radius 3 is 2.50 bits per heavy atom. The summed E-state index contributed by atoms with van der Waals surface area (Å²) < 4.78 is 0. The first-order valence-corrected chi connectivity index (χ1v) is 13.2. The van der Waals surface area contributed by atoms with Crippen molar-refractivity contribution in [2.45, 2.75) is 56.8 Å². The van der Waals surface area contributed by atoms with Gasteiger partial charge in [-0.2, -0.15) is 4.99 Å². The van der Waals surface area contributed by atoms with Crippen LogP contribution in [0.25, 0.3) is 0 Å². The molecule has 38 heavy (non-hydrogen) atoms. The highest BCUT2D eigenvalue weighted by Gasteiger charge is 2.56. The molecule has 10 heteroatoms. The van der Waals surface area contributed by atoms with Crippen LogP contribution in [0.3, 0.4) is 0 Å². The molecule has 8 nitrogen and oxygen atoms in total. The van der Waals surface area contributed by atoms with Gasteiger partial charge in [0.1, 0.15) is 5.84 Å². The number of carbonyl (C=O) groups is 1. The van der Waals surface area contributed by atoms with Crippen LogP contribution < -0.4 is 22.1 Å². The van der Waals surface area contributed by atoms with Gasteiger partial charge in [0.25, 0.3) is 5.91 Å². The molecule has 1 heterocycles. The molecule has 1 saturated heterocycles. The summed E-state index contributed by atoms with van der Waals surface area (Å²) in [5.41, 5.74) is 13.9. The molecule has 1 amide bonds. The number of carbonyl (C=O) groups excluding carboxylic acids is 1. The molecule has 8 N–H and O–H groups in total. The van der Waals surface area contributed by atoms with Crippen molar-refractivity contribution in [3.63, 3.8) is 0 Å². The second-order valence-electron chi connectivity index (χ2n) is 10.9. The van der Waals surface area contributed by atoms with Crippen LogP contribution in [0.1, 0.15) is 44.2 Å². The zero-order valence-electron chi connectivity index (χ0n) is 21.9. The van der Waals surface area contributed by atoms with Gasteiger partial charge >= 0.3 is 0 Å². The van der Waals surface area contributed by atoms with E-state index in [2.05, 4.69) is 36.4 Å². The van der Waals surface area contributed by atoms with Gasteiger partial charge in [0.15, 0.2) is 0 Å². The number of rotatable bonds is 9. The lowest BCUT2D eigenvalue weighted by Gasteiger charge is -2.39. The van der Waals surface area contributed by atoms with E-state index in [1.165, 1.54) is 12.3 Å². The highest BCUT2D eigenvalue weighted by molar-refractivity contribution is 6.30. The fourth-order valence-corrected chi connectivity index (χ4v) is 5.26. The second-order valence-corrected chi connectivity index (χ2v) is 11.8. The molecule has 1 aliphatic heterocycles. The fourth-order valence-electron chi connectivity index (χ4n) is 4.93. The zero-order valence-corrected chi connectivity index (χ0v) is 23.4. The highest BCUT2D eigenvalue weighted by atomic mass is 35.5. The summed E-state index contributed by atoms with van der Waals surface area (Å²) in [6.45, 7) is 6.14. The SMILES string of the molecule is CC(C)(C)C[C@@H]1N[C@@H](C(=O)N=C(N)/C=C\NC[C@@H](O)CO)[C@H](c2cccc(Cl)c2)[C@@]1(N)c1ccc(Cl)cc1. The summed E-state index contributed by atoms with van der Waals surface area (Å²) >= 11 is 12.6. The topological polar surface area (TPSA) is 146 Å². The van der Waals surface area contributed by atoms with E-state index < -0.39 is 29.5 Å². The van der Waals surface area contributed by atoms with Gasteiger partial charge < -0.3 is 32.3 Å².